The van der Waals surface area contributed by atoms with E-state index >= 15 is 0 Å². The molecule has 0 unspecified atom stereocenters. The van der Waals surface area contributed by atoms with Crippen molar-refractivity contribution in [3.8, 4) is 6.07 Å². The molecule has 38 nitrogen and oxygen atoms in total. The van der Waals surface area contributed by atoms with E-state index in [0.717, 1.165) is 80.9 Å². The monoisotopic (exact) mass is 1900 g/mol. The molecule has 6 aliphatic carbocycles. The van der Waals surface area contributed by atoms with E-state index in [1.165, 1.54) is 24.5 Å². The van der Waals surface area contributed by atoms with E-state index in [0.29, 0.717) is 187 Å². The number of nitrogens with zero attached hydrogens (tertiary/aromatic N) is 6. The van der Waals surface area contributed by atoms with Gasteiger partial charge in [-0.05, 0) is 241 Å². The molecule has 8 spiro atoms. The van der Waals surface area contributed by atoms with Gasteiger partial charge in [0.2, 0.25) is 0 Å². The Morgan fingerprint density at radius 1 is 0.422 bits per heavy atom. The summed E-state index contributed by atoms with van der Waals surface area (Å²) in [6.07, 6.45) is 14.1. The molecule has 0 radical (unpaired) electrons. The van der Waals surface area contributed by atoms with E-state index in [1.54, 1.807) is 109 Å². The van der Waals surface area contributed by atoms with Crippen molar-refractivity contribution in [2.75, 3.05) is 105 Å². The molecule has 8 saturated heterocycles. The number of alkyl carbamates (subject to hydrolysis) is 1. The fraction of sp³-hybridized carbons (Fsp3) is 0.732. The lowest BCUT2D eigenvalue weighted by Gasteiger charge is -2.39. The third-order valence-electron chi connectivity index (χ3n) is 25.8. The molecule has 135 heavy (non-hydrogen) atoms. The maximum atomic E-state index is 12.2. The van der Waals surface area contributed by atoms with E-state index in [4.69, 9.17) is 91.2 Å². The molecular formula is C97H140N8O30. The molecule has 0 aromatic heterocycles. The fourth-order valence-electron chi connectivity index (χ4n) is 19.0. The van der Waals surface area contributed by atoms with Gasteiger partial charge in [0.15, 0.2) is 11.6 Å². The number of Topliss-reactive ketones (excluding diaryl/α,β-unsaturated/α-hetero) is 1. The Balaban J connectivity index is 0.000000157. The van der Waals surface area contributed by atoms with Crippen LogP contribution in [0.25, 0.3) is 0 Å². The number of ether oxygens (including phenoxy) is 17. The quantitative estimate of drug-likeness (QED) is 0.0709. The normalized spacial score (nSPS) is 22.7. The van der Waals surface area contributed by atoms with Gasteiger partial charge in [-0.3, -0.25) is 53.3 Å². The maximum absolute atomic E-state index is 12.2. The number of aliphatic hydroxyl groups is 1. The SMILES string of the molecule is CC(C)(C)OC(=O)CN1CC2(CCC(=O)CC2)OC1=O.CC(C)(C)OC(=O)CN1CC2(CCC(O)CC2)OC1=O.CC(C)(C)OC(=O)CN1CC2(CCC(OCc3ccc(C#N)cc3)CC2)OC1=O.CC(C)(C)OC(=O)CN1CC2(CCC3(CC2)OCCO3)OC1=O.CCOC(=O)CN1CC2(CCC(OCc3ccc(C(C)=N)cc3)CC2)OC1=O.O=C1NCC2(CCC3(CC2)OCCO3)O1. The second kappa shape index (κ2) is 44.2. The molecular weight excluding hydrogens is 1760 g/mol. The van der Waals surface area contributed by atoms with Gasteiger partial charge in [0.1, 0.15) is 94.5 Å². The first-order chi connectivity index (χ1) is 63.4. The van der Waals surface area contributed by atoms with E-state index in [-0.39, 0.29) is 74.3 Å². The topological polar surface area (TPSA) is 458 Å². The molecule has 2 aromatic carbocycles. The summed E-state index contributed by atoms with van der Waals surface area (Å²) in [6.45, 7) is 31.2. The zero-order valence-electron chi connectivity index (χ0n) is 81.0. The number of hydrogen-bond acceptors (Lipinski definition) is 32. The number of carbonyl (C=O) groups excluding carboxylic acids is 12. The van der Waals surface area contributed by atoms with E-state index < -0.39 is 117 Å². The van der Waals surface area contributed by atoms with E-state index in [1.807, 2.05) is 36.4 Å². The molecule has 748 valence electrons. The van der Waals surface area contributed by atoms with Gasteiger partial charge in [0.25, 0.3) is 0 Å². The average molecular weight is 1900 g/mol. The van der Waals surface area contributed by atoms with Crippen molar-refractivity contribution in [1.29, 1.82) is 10.7 Å². The Morgan fingerprint density at radius 2 is 0.719 bits per heavy atom. The molecule has 16 rings (SSSR count). The zero-order valence-corrected chi connectivity index (χ0v) is 81.0. The Hall–Kier alpha value is -10.0. The number of aliphatic hydroxyl groups excluding tert-OH is 1. The molecule has 6 amide bonds. The van der Waals surface area contributed by atoms with Gasteiger partial charge in [0, 0.05) is 44.2 Å². The summed E-state index contributed by atoms with van der Waals surface area (Å²) in [5, 5.41) is 28.7. The van der Waals surface area contributed by atoms with Gasteiger partial charge in [-0.2, -0.15) is 5.26 Å². The fourth-order valence-corrected chi connectivity index (χ4v) is 19.0. The Kier molecular flexibility index (Phi) is 34.5. The van der Waals surface area contributed by atoms with Crippen LogP contribution in [0.15, 0.2) is 48.5 Å². The molecule has 3 N–H and O–H groups in total. The van der Waals surface area contributed by atoms with Crippen LogP contribution in [0.1, 0.15) is 273 Å². The second-order valence-corrected chi connectivity index (χ2v) is 41.7. The van der Waals surface area contributed by atoms with Crippen LogP contribution in [0.5, 0.6) is 0 Å². The molecule has 8 aliphatic heterocycles. The third kappa shape index (κ3) is 31.0. The first-order valence-corrected chi connectivity index (χ1v) is 47.4. The van der Waals surface area contributed by atoms with Crippen molar-refractivity contribution < 1.29 is 143 Å². The van der Waals surface area contributed by atoms with Crippen molar-refractivity contribution in [1.82, 2.24) is 29.8 Å². The molecule has 6 saturated carbocycles. The molecule has 14 fully saturated rings. The highest BCUT2D eigenvalue weighted by Gasteiger charge is 2.57. The standard InChI is InChI=1S/C22H28N2O5.C21H28N2O5.C16H25NO6.C14H23NO5.C14H21NO5.C10H15NO4/c1-21(2,3)28-19(25)13-24-15-22(29-20(24)26)10-8-18(9-11-22)27-14-17-6-4-16(12-23)5-7-17;1-3-26-19(24)12-23-14-21(28-20(23)25)10-8-18(9-11-21)27-13-16-4-6-17(7-5-16)15(2)22;1-14(2,3)22-12(18)10-17-11-15(23-13(17)19)4-6-16(7-5-15)20-8-9-21-16;2*1-13(2,3)19-11(17)8-15-9-14(20-12(15)18)6-4-10(16)5-7-14;12-8-11-7-9(15-8)1-3-10(4-2-9)13-5-6-14-10/h4-7,18H,8-11,13-15H2,1-3H3;4-7,18,22H,3,8-14H2,1-2H3;4-11H2,1-3H3;10,16H,4-9H2,1-3H3;4-9H2,1-3H3;1-7H2,(H,11,12). The van der Waals surface area contributed by atoms with Crippen LogP contribution < -0.4 is 5.32 Å². The van der Waals surface area contributed by atoms with Gasteiger partial charge < -0.3 is 96.4 Å². The molecule has 2 aromatic rings. The summed E-state index contributed by atoms with van der Waals surface area (Å²) >= 11 is 0. The summed E-state index contributed by atoms with van der Waals surface area (Å²) in [5.41, 5.74) is -1.06. The number of hydrogen-bond donors (Lipinski definition) is 3. The van der Waals surface area contributed by atoms with Crippen LogP contribution >= 0.6 is 0 Å². The first kappa shape index (κ1) is 105. The third-order valence-corrected chi connectivity index (χ3v) is 25.8. The summed E-state index contributed by atoms with van der Waals surface area (Å²) in [5.74, 6) is -2.78. The van der Waals surface area contributed by atoms with Crippen LogP contribution in [-0.4, -0.2) is 298 Å². The minimum absolute atomic E-state index is 0.0560. The van der Waals surface area contributed by atoms with Crippen molar-refractivity contribution in [2.24, 2.45) is 0 Å². The molecule has 38 heteroatoms. The van der Waals surface area contributed by atoms with Gasteiger partial charge in [0.05, 0.1) is 115 Å². The zero-order chi connectivity index (χ0) is 98.2. The highest BCUT2D eigenvalue weighted by atomic mass is 16.7. The minimum Gasteiger partial charge on any atom is -0.465 e. The van der Waals surface area contributed by atoms with E-state index in [2.05, 4.69) is 11.4 Å². The van der Waals surface area contributed by atoms with Crippen molar-refractivity contribution in [2.45, 2.75) is 350 Å². The van der Waals surface area contributed by atoms with Gasteiger partial charge >= 0.3 is 66.4 Å². The lowest BCUT2D eigenvalue weighted by Crippen LogP contribution is -2.46. The van der Waals surface area contributed by atoms with Crippen LogP contribution in [0.3, 0.4) is 0 Å². The van der Waals surface area contributed by atoms with Crippen LogP contribution in [0.4, 0.5) is 28.8 Å². The Labute approximate surface area is 790 Å². The van der Waals surface area contributed by atoms with Gasteiger partial charge in [-0.1, -0.05) is 36.4 Å². The highest BCUT2D eigenvalue weighted by molar-refractivity contribution is 5.96. The lowest BCUT2D eigenvalue weighted by molar-refractivity contribution is -0.198. The average Bonchev–Trinajstić information content (AvgIpc) is 2.18. The summed E-state index contributed by atoms with van der Waals surface area (Å²) in [7, 11) is 0. The number of benzene rings is 2. The molecule has 0 atom stereocenters. The number of esters is 5. The predicted octanol–water partition coefficient (Wildman–Crippen LogP) is 12.6. The Morgan fingerprint density at radius 3 is 1.01 bits per heavy atom. The maximum Gasteiger partial charge on any atom is 0.411 e. The van der Waals surface area contributed by atoms with Gasteiger partial charge in [-0.15, -0.1) is 0 Å². The van der Waals surface area contributed by atoms with Crippen molar-refractivity contribution in [3.05, 3.63) is 70.8 Å². The summed E-state index contributed by atoms with van der Waals surface area (Å²) in [4.78, 5) is 149. The second-order valence-electron chi connectivity index (χ2n) is 41.7. The summed E-state index contributed by atoms with van der Waals surface area (Å²) in [6, 6.07) is 17.3. The molecule has 0 bridgehead atoms. The Bertz CT molecular complexity index is 4520. The molecule has 14 aliphatic rings. The lowest BCUT2D eigenvalue weighted by atomic mass is 9.81. The highest BCUT2D eigenvalue weighted by Crippen LogP contribution is 2.48. The van der Waals surface area contributed by atoms with Crippen molar-refractivity contribution >= 4 is 77.9 Å². The van der Waals surface area contributed by atoms with Crippen LogP contribution in [-0.2, 0) is 123 Å². The number of nitriles is 1. The number of amides is 6. The van der Waals surface area contributed by atoms with Crippen molar-refractivity contribution in [3.63, 3.8) is 0 Å². The van der Waals surface area contributed by atoms with Crippen LogP contribution in [0.2, 0.25) is 0 Å². The van der Waals surface area contributed by atoms with Gasteiger partial charge in [-0.25, -0.2) is 28.8 Å². The minimum atomic E-state index is -0.590. The molecule has 8 heterocycles. The predicted molar refractivity (Wildman–Crippen MR) is 480 cm³/mol. The number of nitrogens with one attached hydrogen (secondary N) is 2. The number of carbonyl (C=O) groups is 12. The van der Waals surface area contributed by atoms with Crippen LogP contribution in [0, 0.1) is 16.7 Å². The summed E-state index contributed by atoms with van der Waals surface area (Å²) < 4.78 is 93.7. The van der Waals surface area contributed by atoms with E-state index in [9.17, 15) is 62.6 Å². The first-order valence-electron chi connectivity index (χ1n) is 47.4. The smallest absolute Gasteiger partial charge is 0.411 e. The largest absolute Gasteiger partial charge is 0.465 e. The number of rotatable bonds is 18. The number of ketones is 1.